The first-order valence-corrected chi connectivity index (χ1v) is 12.2. The molecule has 1 N–H and O–H groups in total. The van der Waals surface area contributed by atoms with Gasteiger partial charge in [0.2, 0.25) is 11.8 Å². The smallest absolute Gasteiger partial charge is 0.242 e. The minimum atomic E-state index is -0.641. The van der Waals surface area contributed by atoms with E-state index >= 15 is 0 Å². The third kappa shape index (κ3) is 7.91. The highest BCUT2D eigenvalue weighted by atomic mass is 35.5. The number of thioether (sulfide) groups is 1. The Bertz CT molecular complexity index is 927. The predicted octanol–water partition coefficient (Wildman–Crippen LogP) is 5.57. The third-order valence-electron chi connectivity index (χ3n) is 4.69. The van der Waals surface area contributed by atoms with Crippen LogP contribution in [-0.4, -0.2) is 41.2 Å². The molecular formula is C24H30Cl2N2O3S. The number of nitrogens with one attached hydrogen (secondary N) is 1. The molecule has 0 aliphatic heterocycles. The molecular weight excluding hydrogens is 467 g/mol. The first-order chi connectivity index (χ1) is 15.0. The molecule has 0 saturated heterocycles. The quantitative estimate of drug-likeness (QED) is 0.492. The van der Waals surface area contributed by atoms with Crippen molar-refractivity contribution in [2.45, 2.75) is 51.6 Å². The second kappa shape index (κ2) is 11.8. The molecule has 0 aliphatic carbocycles. The lowest BCUT2D eigenvalue weighted by atomic mass is 10.1. The number of halogens is 2. The van der Waals surface area contributed by atoms with E-state index in [1.54, 1.807) is 37.1 Å². The maximum atomic E-state index is 13.2. The van der Waals surface area contributed by atoms with E-state index in [-0.39, 0.29) is 17.6 Å². The minimum absolute atomic E-state index is 0.141. The number of rotatable bonds is 9. The monoisotopic (exact) mass is 496 g/mol. The first kappa shape index (κ1) is 26.4. The topological polar surface area (TPSA) is 58.6 Å². The van der Waals surface area contributed by atoms with Gasteiger partial charge in [0.15, 0.2) is 0 Å². The zero-order valence-corrected chi connectivity index (χ0v) is 21.4. The van der Waals surface area contributed by atoms with Gasteiger partial charge in [0.25, 0.3) is 0 Å². The Morgan fingerprint density at radius 2 is 1.75 bits per heavy atom. The van der Waals surface area contributed by atoms with Crippen molar-refractivity contribution in [1.29, 1.82) is 0 Å². The van der Waals surface area contributed by atoms with Crippen molar-refractivity contribution in [2.75, 3.05) is 12.9 Å². The van der Waals surface area contributed by atoms with Crippen LogP contribution in [0.5, 0.6) is 5.75 Å². The van der Waals surface area contributed by atoms with Crippen LogP contribution in [0.2, 0.25) is 10.0 Å². The number of carbonyl (C=O) groups is 2. The number of hydrogen-bond donors (Lipinski definition) is 1. The van der Waals surface area contributed by atoms with Crippen LogP contribution in [0.25, 0.3) is 0 Å². The van der Waals surface area contributed by atoms with Crippen molar-refractivity contribution in [3.05, 3.63) is 63.6 Å². The van der Waals surface area contributed by atoms with E-state index in [1.807, 2.05) is 45.0 Å². The molecule has 0 radical (unpaired) electrons. The maximum absolute atomic E-state index is 13.2. The highest BCUT2D eigenvalue weighted by Crippen LogP contribution is 2.28. The van der Waals surface area contributed by atoms with E-state index in [2.05, 4.69) is 5.32 Å². The molecule has 0 heterocycles. The molecule has 2 amide bonds. The molecule has 0 saturated carbocycles. The largest absolute Gasteiger partial charge is 0.497 e. The fraction of sp³-hybridized carbons (Fsp3) is 0.417. The van der Waals surface area contributed by atoms with E-state index in [0.29, 0.717) is 28.1 Å². The number of ether oxygens (including phenoxy) is 1. The van der Waals surface area contributed by atoms with E-state index < -0.39 is 11.6 Å². The molecule has 0 fully saturated rings. The summed E-state index contributed by atoms with van der Waals surface area (Å²) in [7, 11) is 1.60. The van der Waals surface area contributed by atoms with E-state index in [4.69, 9.17) is 27.9 Å². The standard InChI is InChI=1S/C24H30Cl2N2O3S/c1-16(23(30)27-24(2,3)4)28(13-17-8-6-9-18(12-17)31-5)22(29)15-32-14-19-20(25)10-7-11-21(19)26/h6-12,16H,13-15H2,1-5H3,(H,27,30)/t16-/m1/s1. The van der Waals surface area contributed by atoms with Crippen LogP contribution >= 0.6 is 35.0 Å². The summed E-state index contributed by atoms with van der Waals surface area (Å²) in [5.74, 6) is 1.05. The van der Waals surface area contributed by atoms with Crippen LogP contribution < -0.4 is 10.1 Å². The molecule has 8 heteroatoms. The molecule has 2 aromatic rings. The van der Waals surface area contributed by atoms with Gasteiger partial charge in [0.1, 0.15) is 11.8 Å². The molecule has 5 nitrogen and oxygen atoms in total. The number of nitrogens with zero attached hydrogens (tertiary/aromatic N) is 1. The number of benzene rings is 2. The van der Waals surface area contributed by atoms with E-state index in [1.165, 1.54) is 11.8 Å². The number of carbonyl (C=O) groups excluding carboxylic acids is 2. The van der Waals surface area contributed by atoms with E-state index in [0.717, 1.165) is 11.1 Å². The SMILES string of the molecule is COc1cccc(CN(C(=O)CSCc2c(Cl)cccc2Cl)[C@H](C)C(=O)NC(C)(C)C)c1. The predicted molar refractivity (Wildman–Crippen MR) is 134 cm³/mol. The van der Waals surface area contributed by atoms with Crippen molar-refractivity contribution in [1.82, 2.24) is 10.2 Å². The Morgan fingerprint density at radius 3 is 2.34 bits per heavy atom. The Labute approximate surface area is 204 Å². The Balaban J connectivity index is 2.16. The molecule has 0 aromatic heterocycles. The lowest BCUT2D eigenvalue weighted by Gasteiger charge is -2.31. The highest BCUT2D eigenvalue weighted by molar-refractivity contribution is 7.99. The molecule has 0 unspecified atom stereocenters. The normalized spacial score (nSPS) is 12.2. The van der Waals surface area contributed by atoms with Crippen LogP contribution in [-0.2, 0) is 21.9 Å². The van der Waals surface area contributed by atoms with Gasteiger partial charge in [-0.2, -0.15) is 0 Å². The molecule has 0 bridgehead atoms. The van der Waals surface area contributed by atoms with Crippen molar-refractivity contribution >= 4 is 46.8 Å². The second-order valence-corrected chi connectivity index (χ2v) is 10.3. The number of amides is 2. The van der Waals surface area contributed by atoms with Gasteiger partial charge in [-0.25, -0.2) is 0 Å². The lowest BCUT2D eigenvalue weighted by molar-refractivity contribution is -0.139. The molecule has 2 rings (SSSR count). The average Bonchev–Trinajstić information content (AvgIpc) is 2.72. The van der Waals surface area contributed by atoms with Gasteiger partial charge in [-0.1, -0.05) is 41.4 Å². The van der Waals surface area contributed by atoms with Crippen molar-refractivity contribution in [2.24, 2.45) is 0 Å². The summed E-state index contributed by atoms with van der Waals surface area (Å²) in [6, 6.07) is 12.2. The highest BCUT2D eigenvalue weighted by Gasteiger charge is 2.28. The summed E-state index contributed by atoms with van der Waals surface area (Å²) in [6.45, 7) is 7.77. The van der Waals surface area contributed by atoms with E-state index in [9.17, 15) is 9.59 Å². The molecule has 32 heavy (non-hydrogen) atoms. The summed E-state index contributed by atoms with van der Waals surface area (Å²) in [5.41, 5.74) is 1.28. The van der Waals surface area contributed by atoms with Gasteiger partial charge in [-0.05, 0) is 63.1 Å². The van der Waals surface area contributed by atoms with Crippen LogP contribution in [0.15, 0.2) is 42.5 Å². The second-order valence-electron chi connectivity index (χ2n) is 8.48. The van der Waals surface area contributed by atoms with Gasteiger partial charge in [-0.15, -0.1) is 11.8 Å². The van der Waals surface area contributed by atoms with Crippen molar-refractivity contribution < 1.29 is 14.3 Å². The Morgan fingerprint density at radius 1 is 1.12 bits per heavy atom. The maximum Gasteiger partial charge on any atom is 0.242 e. The van der Waals surface area contributed by atoms with Crippen molar-refractivity contribution in [3.8, 4) is 5.75 Å². The summed E-state index contributed by atoms with van der Waals surface area (Å²) < 4.78 is 5.30. The minimum Gasteiger partial charge on any atom is -0.497 e. The Kier molecular flexibility index (Phi) is 9.74. The molecule has 1 atom stereocenters. The van der Waals surface area contributed by atoms with Crippen LogP contribution in [0.4, 0.5) is 0 Å². The molecule has 2 aromatic carbocycles. The van der Waals surface area contributed by atoms with Gasteiger partial charge >= 0.3 is 0 Å². The summed E-state index contributed by atoms with van der Waals surface area (Å²) in [6.07, 6.45) is 0. The summed E-state index contributed by atoms with van der Waals surface area (Å²) in [4.78, 5) is 27.6. The third-order valence-corrected chi connectivity index (χ3v) is 6.34. The molecule has 0 spiro atoms. The van der Waals surface area contributed by atoms with Crippen LogP contribution in [0.1, 0.15) is 38.8 Å². The molecule has 0 aliphatic rings. The van der Waals surface area contributed by atoms with Crippen LogP contribution in [0.3, 0.4) is 0 Å². The fourth-order valence-electron chi connectivity index (χ4n) is 3.02. The summed E-state index contributed by atoms with van der Waals surface area (Å²) in [5, 5.41) is 4.11. The zero-order valence-electron chi connectivity index (χ0n) is 19.1. The summed E-state index contributed by atoms with van der Waals surface area (Å²) >= 11 is 13.9. The average molecular weight is 497 g/mol. The fourth-order valence-corrected chi connectivity index (χ4v) is 4.66. The molecule has 174 valence electrons. The zero-order chi connectivity index (χ0) is 23.9. The Hall–Kier alpha value is -1.89. The van der Waals surface area contributed by atoms with Gasteiger partial charge < -0.3 is 15.0 Å². The van der Waals surface area contributed by atoms with Gasteiger partial charge in [0, 0.05) is 27.9 Å². The number of methoxy groups -OCH3 is 1. The van der Waals surface area contributed by atoms with Crippen LogP contribution in [0, 0.1) is 0 Å². The van der Waals surface area contributed by atoms with Gasteiger partial charge in [-0.3, -0.25) is 9.59 Å². The van der Waals surface area contributed by atoms with Gasteiger partial charge in [0.05, 0.1) is 12.9 Å². The first-order valence-electron chi connectivity index (χ1n) is 10.3. The lowest BCUT2D eigenvalue weighted by Crippen LogP contribution is -2.52. The van der Waals surface area contributed by atoms with Crippen molar-refractivity contribution in [3.63, 3.8) is 0 Å². The number of hydrogen-bond acceptors (Lipinski definition) is 4.